The number of rotatable bonds is 0. The van der Waals surface area contributed by atoms with Gasteiger partial charge >= 0.3 is 0 Å². The van der Waals surface area contributed by atoms with Gasteiger partial charge in [-0.15, -0.1) is 0 Å². The topological polar surface area (TPSA) is 15.3 Å². The van der Waals surface area contributed by atoms with Crippen molar-refractivity contribution in [3.05, 3.63) is 0 Å². The molecule has 0 aromatic rings. The summed E-state index contributed by atoms with van der Waals surface area (Å²) in [6, 6.07) is 0. The van der Waals surface area contributed by atoms with Crippen LogP contribution in [0.15, 0.2) is 0 Å². The first-order valence-corrected chi connectivity index (χ1v) is 3.80. The van der Waals surface area contributed by atoms with E-state index in [2.05, 4.69) is 17.3 Å². The molecule has 1 unspecified atom stereocenters. The Labute approximate surface area is 56.2 Å². The van der Waals surface area contributed by atoms with E-state index in [4.69, 9.17) is 0 Å². The van der Waals surface area contributed by atoms with Crippen molar-refractivity contribution in [1.29, 1.82) is 0 Å². The van der Waals surface area contributed by atoms with Crippen LogP contribution in [0.5, 0.6) is 0 Å². The third-order valence-corrected chi connectivity index (χ3v) is 2.81. The predicted molar refractivity (Wildman–Crippen MR) is 37.2 cm³/mol. The molecule has 0 radical (unpaired) electrons. The fourth-order valence-corrected chi connectivity index (χ4v) is 1.93. The Kier molecular flexibility index (Phi) is 1.08. The smallest absolute Gasteiger partial charge is 0.0722 e. The van der Waals surface area contributed by atoms with E-state index < -0.39 is 0 Å². The maximum absolute atomic E-state index is 3.55. The molecule has 1 atom stereocenters. The van der Waals surface area contributed by atoms with Crippen LogP contribution in [0.25, 0.3) is 0 Å². The van der Waals surface area contributed by atoms with Crippen molar-refractivity contribution >= 4 is 0 Å². The lowest BCUT2D eigenvalue weighted by Crippen LogP contribution is -2.63. The number of hydrogen-bond acceptors (Lipinski definition) is 2. The van der Waals surface area contributed by atoms with Crippen LogP contribution in [0.2, 0.25) is 0 Å². The molecule has 1 N–H and O–H groups in total. The minimum Gasteiger partial charge on any atom is -0.299 e. The lowest BCUT2D eigenvalue weighted by molar-refractivity contribution is -0.00238. The summed E-state index contributed by atoms with van der Waals surface area (Å²) < 4.78 is 0. The third-order valence-electron chi connectivity index (χ3n) is 2.81. The van der Waals surface area contributed by atoms with Gasteiger partial charge in [0, 0.05) is 6.54 Å². The van der Waals surface area contributed by atoms with Crippen LogP contribution < -0.4 is 5.32 Å². The fraction of sp³-hybridized carbons (Fsp3) is 1.00. The summed E-state index contributed by atoms with van der Waals surface area (Å²) in [4.78, 5) is 2.43. The van der Waals surface area contributed by atoms with E-state index in [1.165, 1.54) is 32.4 Å². The van der Waals surface area contributed by atoms with Gasteiger partial charge in [-0.05, 0) is 32.9 Å². The van der Waals surface area contributed by atoms with Crippen LogP contribution in [0.3, 0.4) is 0 Å². The number of hydrogen-bond donors (Lipinski definition) is 1. The molecule has 2 aliphatic rings. The van der Waals surface area contributed by atoms with E-state index in [1.54, 1.807) is 0 Å². The lowest BCUT2D eigenvalue weighted by Gasteiger charge is -2.48. The largest absolute Gasteiger partial charge is 0.299 e. The van der Waals surface area contributed by atoms with Gasteiger partial charge in [0.2, 0.25) is 0 Å². The molecule has 0 amide bonds. The first-order chi connectivity index (χ1) is 4.33. The van der Waals surface area contributed by atoms with Crippen molar-refractivity contribution in [1.82, 2.24) is 10.2 Å². The SMILES string of the molecule is CN1CCC12CCCN2. The summed E-state index contributed by atoms with van der Waals surface area (Å²) in [6.07, 6.45) is 4.09. The predicted octanol–water partition coefficient (Wildman–Crippen LogP) is 0.402. The third kappa shape index (κ3) is 0.634. The van der Waals surface area contributed by atoms with Crippen LogP contribution in [0.1, 0.15) is 19.3 Å². The first-order valence-electron chi connectivity index (χ1n) is 3.80. The van der Waals surface area contributed by atoms with Crippen molar-refractivity contribution in [3.8, 4) is 0 Å². The van der Waals surface area contributed by atoms with Gasteiger partial charge < -0.3 is 0 Å². The average Bonchev–Trinajstić information content (AvgIpc) is 2.34. The molecular weight excluding hydrogens is 112 g/mol. The minimum absolute atomic E-state index is 0.458. The number of nitrogens with zero attached hydrogens (tertiary/aromatic N) is 1. The van der Waals surface area contributed by atoms with Crippen molar-refractivity contribution < 1.29 is 0 Å². The second-order valence-electron chi connectivity index (χ2n) is 3.23. The molecule has 2 heteroatoms. The molecule has 2 heterocycles. The molecule has 2 saturated heterocycles. The highest BCUT2D eigenvalue weighted by molar-refractivity contribution is 4.98. The van der Waals surface area contributed by atoms with Gasteiger partial charge in [-0.3, -0.25) is 10.2 Å². The molecule has 2 fully saturated rings. The van der Waals surface area contributed by atoms with Gasteiger partial charge in [0.25, 0.3) is 0 Å². The van der Waals surface area contributed by atoms with Gasteiger partial charge in [0.1, 0.15) is 0 Å². The summed E-state index contributed by atoms with van der Waals surface area (Å²) in [5.41, 5.74) is 0.458. The van der Waals surface area contributed by atoms with E-state index in [-0.39, 0.29) is 0 Å². The van der Waals surface area contributed by atoms with Crippen LogP contribution in [0.4, 0.5) is 0 Å². The zero-order valence-electron chi connectivity index (χ0n) is 5.98. The lowest BCUT2D eigenvalue weighted by atomic mass is 9.94. The molecule has 0 aliphatic carbocycles. The molecular formula is C7H14N2. The molecule has 0 aromatic carbocycles. The monoisotopic (exact) mass is 126 g/mol. The van der Waals surface area contributed by atoms with E-state index in [1.807, 2.05) is 0 Å². The molecule has 0 bridgehead atoms. The quantitative estimate of drug-likeness (QED) is 0.505. The van der Waals surface area contributed by atoms with Gasteiger partial charge in [0.05, 0.1) is 5.66 Å². The Hall–Kier alpha value is -0.0800. The second kappa shape index (κ2) is 1.70. The van der Waals surface area contributed by atoms with Crippen molar-refractivity contribution in [2.75, 3.05) is 20.1 Å². The van der Waals surface area contributed by atoms with Gasteiger partial charge in [-0.2, -0.15) is 0 Å². The zero-order chi connectivity index (χ0) is 6.32. The number of likely N-dealkylation sites (tertiary alicyclic amines) is 1. The average molecular weight is 126 g/mol. The van der Waals surface area contributed by atoms with Crippen LogP contribution in [0, 0.1) is 0 Å². The van der Waals surface area contributed by atoms with E-state index >= 15 is 0 Å². The highest BCUT2D eigenvalue weighted by Crippen LogP contribution is 2.33. The van der Waals surface area contributed by atoms with Gasteiger partial charge in [-0.25, -0.2) is 0 Å². The Morgan fingerprint density at radius 1 is 1.44 bits per heavy atom. The number of nitrogens with one attached hydrogen (secondary N) is 1. The molecule has 2 aliphatic heterocycles. The Morgan fingerprint density at radius 2 is 2.33 bits per heavy atom. The summed E-state index contributed by atoms with van der Waals surface area (Å²) in [6.45, 7) is 2.51. The van der Waals surface area contributed by atoms with Crippen molar-refractivity contribution in [2.45, 2.75) is 24.9 Å². The molecule has 2 rings (SSSR count). The summed E-state index contributed by atoms with van der Waals surface area (Å²) in [7, 11) is 2.21. The van der Waals surface area contributed by atoms with Crippen LogP contribution >= 0.6 is 0 Å². The minimum atomic E-state index is 0.458. The van der Waals surface area contributed by atoms with E-state index in [0.717, 1.165) is 0 Å². The van der Waals surface area contributed by atoms with E-state index in [9.17, 15) is 0 Å². The van der Waals surface area contributed by atoms with Gasteiger partial charge in [0.15, 0.2) is 0 Å². The maximum Gasteiger partial charge on any atom is 0.0722 e. The van der Waals surface area contributed by atoms with Crippen LogP contribution in [-0.4, -0.2) is 30.7 Å². The van der Waals surface area contributed by atoms with Crippen molar-refractivity contribution in [3.63, 3.8) is 0 Å². The molecule has 9 heavy (non-hydrogen) atoms. The second-order valence-corrected chi connectivity index (χ2v) is 3.23. The maximum atomic E-state index is 3.55. The van der Waals surface area contributed by atoms with Crippen molar-refractivity contribution in [2.24, 2.45) is 0 Å². The normalized spacial score (nSPS) is 43.7. The molecule has 2 nitrogen and oxygen atoms in total. The summed E-state index contributed by atoms with van der Waals surface area (Å²) in [5, 5.41) is 3.55. The van der Waals surface area contributed by atoms with E-state index in [0.29, 0.717) is 5.66 Å². The highest BCUT2D eigenvalue weighted by Gasteiger charge is 2.43. The Balaban J connectivity index is 2.06. The summed E-state index contributed by atoms with van der Waals surface area (Å²) in [5.74, 6) is 0. The molecule has 1 spiro atoms. The summed E-state index contributed by atoms with van der Waals surface area (Å²) >= 11 is 0. The molecule has 0 aromatic heterocycles. The fourth-order valence-electron chi connectivity index (χ4n) is 1.93. The van der Waals surface area contributed by atoms with Crippen LogP contribution in [-0.2, 0) is 0 Å². The standard InChI is InChI=1S/C7H14N2/c1-9-6-4-7(9)3-2-5-8-7/h8H,2-6H2,1H3. The first kappa shape index (κ1) is 5.69. The Morgan fingerprint density at radius 3 is 2.56 bits per heavy atom. The molecule has 0 saturated carbocycles. The Bertz CT molecular complexity index is 116. The zero-order valence-corrected chi connectivity index (χ0v) is 5.98. The van der Waals surface area contributed by atoms with Gasteiger partial charge in [-0.1, -0.05) is 0 Å². The molecule has 52 valence electrons. The highest BCUT2D eigenvalue weighted by atomic mass is 15.4.